The van der Waals surface area contributed by atoms with E-state index in [0.29, 0.717) is 17.3 Å². The summed E-state index contributed by atoms with van der Waals surface area (Å²) in [6, 6.07) is 5.70. The second-order valence-corrected chi connectivity index (χ2v) is 5.31. The number of amides is 1. The van der Waals surface area contributed by atoms with Gasteiger partial charge in [0.25, 0.3) is 6.01 Å². The molecular weight excluding hydrogens is 256 g/mol. The molecule has 3 rings (SSSR count). The van der Waals surface area contributed by atoms with Gasteiger partial charge in [-0.3, -0.25) is 4.79 Å². The average molecular weight is 274 g/mol. The minimum atomic E-state index is -0.185. The summed E-state index contributed by atoms with van der Waals surface area (Å²) in [5, 5.41) is 0. The normalized spacial score (nSPS) is 18.7. The minimum absolute atomic E-state index is 0.0873. The third-order valence-corrected chi connectivity index (χ3v) is 3.63. The molecule has 1 amide bonds. The number of aromatic nitrogens is 1. The second kappa shape index (κ2) is 4.70. The molecule has 1 saturated heterocycles. The number of benzene rings is 1. The average Bonchev–Trinajstić information content (AvgIpc) is 3.02. The smallest absolute Gasteiger partial charge is 0.299 e. The molecule has 2 heterocycles. The highest BCUT2D eigenvalue weighted by molar-refractivity contribution is 5.85. The molecule has 1 aliphatic heterocycles. The fourth-order valence-electron chi connectivity index (χ4n) is 2.60. The molecule has 0 saturated carbocycles. The molecule has 1 fully saturated rings. The van der Waals surface area contributed by atoms with Gasteiger partial charge in [-0.15, -0.1) is 0 Å². The van der Waals surface area contributed by atoms with E-state index in [9.17, 15) is 4.79 Å². The number of nitrogens with zero attached hydrogens (tertiary/aromatic N) is 3. The summed E-state index contributed by atoms with van der Waals surface area (Å²) in [7, 11) is 3.54. The maximum absolute atomic E-state index is 12.2. The Kier molecular flexibility index (Phi) is 3.00. The maximum Gasteiger partial charge on any atom is 0.299 e. The van der Waals surface area contributed by atoms with Gasteiger partial charge < -0.3 is 20.0 Å². The van der Waals surface area contributed by atoms with E-state index in [1.54, 1.807) is 31.1 Å². The molecular formula is C14H18N4O2. The number of hydrogen-bond donors (Lipinski definition) is 1. The molecule has 2 N–H and O–H groups in total. The van der Waals surface area contributed by atoms with Crippen LogP contribution in [0, 0.1) is 0 Å². The molecule has 2 aromatic rings. The lowest BCUT2D eigenvalue weighted by Gasteiger charge is -2.24. The van der Waals surface area contributed by atoms with E-state index in [0.717, 1.165) is 24.9 Å². The third kappa shape index (κ3) is 2.07. The summed E-state index contributed by atoms with van der Waals surface area (Å²) < 4.78 is 5.76. The Morgan fingerprint density at radius 1 is 1.50 bits per heavy atom. The number of likely N-dealkylation sites (N-methyl/N-ethyl adjacent to an activating group) is 1. The second-order valence-electron chi connectivity index (χ2n) is 5.31. The largest absolute Gasteiger partial charge is 0.423 e. The SMILES string of the molecule is CN(C)C(=O)C1CCCN1c1nc2ccc(N)cc2o1. The number of rotatable bonds is 2. The van der Waals surface area contributed by atoms with E-state index < -0.39 is 0 Å². The molecule has 0 bridgehead atoms. The molecule has 6 nitrogen and oxygen atoms in total. The predicted octanol–water partition coefficient (Wildman–Crippen LogP) is 1.47. The first-order valence-electron chi connectivity index (χ1n) is 6.70. The first-order valence-corrected chi connectivity index (χ1v) is 6.70. The van der Waals surface area contributed by atoms with Crippen molar-refractivity contribution >= 4 is 28.7 Å². The van der Waals surface area contributed by atoms with Crippen molar-refractivity contribution in [1.82, 2.24) is 9.88 Å². The molecule has 1 aromatic heterocycles. The Hall–Kier alpha value is -2.24. The van der Waals surface area contributed by atoms with Crippen molar-refractivity contribution in [1.29, 1.82) is 0 Å². The Morgan fingerprint density at radius 3 is 3.05 bits per heavy atom. The van der Waals surface area contributed by atoms with Crippen molar-refractivity contribution < 1.29 is 9.21 Å². The van der Waals surface area contributed by atoms with E-state index in [2.05, 4.69) is 4.98 Å². The van der Waals surface area contributed by atoms with E-state index in [1.807, 2.05) is 11.0 Å². The highest BCUT2D eigenvalue weighted by Crippen LogP contribution is 2.29. The Balaban J connectivity index is 1.95. The summed E-state index contributed by atoms with van der Waals surface area (Å²) in [6.45, 7) is 0.784. The fraction of sp³-hybridized carbons (Fsp3) is 0.429. The van der Waals surface area contributed by atoms with Crippen molar-refractivity contribution in [2.45, 2.75) is 18.9 Å². The molecule has 0 aliphatic carbocycles. The molecule has 1 unspecified atom stereocenters. The van der Waals surface area contributed by atoms with Gasteiger partial charge in [0, 0.05) is 32.4 Å². The lowest BCUT2D eigenvalue weighted by Crippen LogP contribution is -2.42. The Morgan fingerprint density at radius 2 is 2.30 bits per heavy atom. The molecule has 20 heavy (non-hydrogen) atoms. The van der Waals surface area contributed by atoms with E-state index >= 15 is 0 Å². The molecule has 0 spiro atoms. The maximum atomic E-state index is 12.2. The molecule has 106 valence electrons. The molecule has 1 aliphatic rings. The van der Waals surface area contributed by atoms with Crippen molar-refractivity contribution in [2.24, 2.45) is 0 Å². The fourth-order valence-corrected chi connectivity index (χ4v) is 2.60. The number of carbonyl (C=O) groups excluding carboxylic acids is 1. The van der Waals surface area contributed by atoms with Crippen LogP contribution in [-0.2, 0) is 4.79 Å². The number of nitrogens with two attached hydrogens (primary N) is 1. The predicted molar refractivity (Wildman–Crippen MR) is 77.5 cm³/mol. The summed E-state index contributed by atoms with van der Waals surface area (Å²) in [5.41, 5.74) is 7.80. The van der Waals surface area contributed by atoms with Crippen LogP contribution >= 0.6 is 0 Å². The highest BCUT2D eigenvalue weighted by atomic mass is 16.4. The summed E-state index contributed by atoms with van der Waals surface area (Å²) in [4.78, 5) is 20.2. The van der Waals surface area contributed by atoms with Crippen LogP contribution in [0.1, 0.15) is 12.8 Å². The standard InChI is InChI=1S/C14H18N4O2/c1-17(2)13(19)11-4-3-7-18(11)14-16-10-6-5-9(15)8-12(10)20-14/h5-6,8,11H,3-4,7,15H2,1-2H3. The Labute approximate surface area is 117 Å². The first-order chi connectivity index (χ1) is 9.56. The minimum Gasteiger partial charge on any atom is -0.423 e. The van der Waals surface area contributed by atoms with Gasteiger partial charge in [0.2, 0.25) is 5.91 Å². The number of anilines is 2. The third-order valence-electron chi connectivity index (χ3n) is 3.63. The zero-order valence-corrected chi connectivity index (χ0v) is 11.7. The summed E-state index contributed by atoms with van der Waals surface area (Å²) in [6.07, 6.45) is 1.79. The van der Waals surface area contributed by atoms with Gasteiger partial charge >= 0.3 is 0 Å². The monoisotopic (exact) mass is 274 g/mol. The quantitative estimate of drug-likeness (QED) is 0.839. The number of carbonyl (C=O) groups is 1. The van der Waals surface area contributed by atoms with Gasteiger partial charge in [0.05, 0.1) is 0 Å². The van der Waals surface area contributed by atoms with Gasteiger partial charge in [0.1, 0.15) is 11.6 Å². The van der Waals surface area contributed by atoms with Crippen LogP contribution in [0.2, 0.25) is 0 Å². The number of hydrogen-bond acceptors (Lipinski definition) is 5. The van der Waals surface area contributed by atoms with E-state index in [4.69, 9.17) is 10.2 Å². The zero-order chi connectivity index (χ0) is 14.3. The molecule has 0 radical (unpaired) electrons. The summed E-state index contributed by atoms with van der Waals surface area (Å²) >= 11 is 0. The number of nitrogen functional groups attached to an aromatic ring is 1. The van der Waals surface area contributed by atoms with Crippen LogP contribution in [-0.4, -0.2) is 42.5 Å². The zero-order valence-electron chi connectivity index (χ0n) is 11.7. The van der Waals surface area contributed by atoms with Crippen molar-refractivity contribution in [3.8, 4) is 0 Å². The van der Waals surface area contributed by atoms with Crippen molar-refractivity contribution in [3.63, 3.8) is 0 Å². The lowest BCUT2D eigenvalue weighted by atomic mass is 10.2. The van der Waals surface area contributed by atoms with Gasteiger partial charge in [-0.1, -0.05) is 0 Å². The summed E-state index contributed by atoms with van der Waals surface area (Å²) in [5.74, 6) is 0.0873. The van der Waals surface area contributed by atoms with Crippen molar-refractivity contribution in [3.05, 3.63) is 18.2 Å². The van der Waals surface area contributed by atoms with Gasteiger partial charge in [-0.2, -0.15) is 4.98 Å². The molecule has 1 atom stereocenters. The van der Waals surface area contributed by atoms with E-state index in [-0.39, 0.29) is 11.9 Å². The van der Waals surface area contributed by atoms with E-state index in [1.165, 1.54) is 0 Å². The number of fused-ring (bicyclic) bond motifs is 1. The topological polar surface area (TPSA) is 75.6 Å². The lowest BCUT2D eigenvalue weighted by molar-refractivity contribution is -0.129. The van der Waals surface area contributed by atoms with Crippen LogP contribution < -0.4 is 10.6 Å². The van der Waals surface area contributed by atoms with Gasteiger partial charge in [-0.05, 0) is 25.0 Å². The number of oxazole rings is 1. The van der Waals surface area contributed by atoms with Crippen LogP contribution in [0.5, 0.6) is 0 Å². The Bertz CT molecular complexity index is 650. The van der Waals surface area contributed by atoms with Crippen LogP contribution in [0.25, 0.3) is 11.1 Å². The van der Waals surface area contributed by atoms with Crippen LogP contribution in [0.15, 0.2) is 22.6 Å². The molecule has 1 aromatic carbocycles. The van der Waals surface area contributed by atoms with Gasteiger partial charge in [-0.25, -0.2) is 0 Å². The van der Waals surface area contributed by atoms with Crippen molar-refractivity contribution in [2.75, 3.05) is 31.3 Å². The van der Waals surface area contributed by atoms with Gasteiger partial charge in [0.15, 0.2) is 5.58 Å². The highest BCUT2D eigenvalue weighted by Gasteiger charge is 2.34. The van der Waals surface area contributed by atoms with Crippen LogP contribution in [0.3, 0.4) is 0 Å². The first kappa shape index (κ1) is 12.8. The van der Waals surface area contributed by atoms with Crippen LogP contribution in [0.4, 0.5) is 11.7 Å². The molecule has 6 heteroatoms.